The summed E-state index contributed by atoms with van der Waals surface area (Å²) in [6, 6.07) is 1.27. The summed E-state index contributed by atoms with van der Waals surface area (Å²) in [5.74, 6) is -0.304. The zero-order valence-corrected chi connectivity index (χ0v) is 18.6. The molecule has 0 aromatic heterocycles. The lowest BCUT2D eigenvalue weighted by atomic mass is 9.70. The molecule has 1 heterocycles. The summed E-state index contributed by atoms with van der Waals surface area (Å²) in [6.45, 7) is 13.9. The normalized spacial score (nSPS) is 28.0. The van der Waals surface area contributed by atoms with Crippen molar-refractivity contribution >= 4 is 36.4 Å². The van der Waals surface area contributed by atoms with Crippen molar-refractivity contribution in [2.24, 2.45) is 5.41 Å². The molecule has 0 bridgehead atoms. The molecule has 2 atom stereocenters. The van der Waals surface area contributed by atoms with Crippen LogP contribution in [-0.2, 0) is 14.2 Å². The number of thiocarbonyl (C=S) groups is 1. The largest absolute Gasteiger partial charge is 0.479 e. The van der Waals surface area contributed by atoms with E-state index in [9.17, 15) is 0 Å². The van der Waals surface area contributed by atoms with Crippen LogP contribution in [0.5, 0.6) is 0 Å². The first-order valence-electron chi connectivity index (χ1n) is 9.27. The third kappa shape index (κ3) is 6.27. The van der Waals surface area contributed by atoms with E-state index >= 15 is 0 Å². The molecule has 3 nitrogen and oxygen atoms in total. The van der Waals surface area contributed by atoms with Gasteiger partial charge < -0.3 is 14.2 Å². The van der Waals surface area contributed by atoms with Gasteiger partial charge in [-0.1, -0.05) is 38.3 Å². The fraction of sp³-hybridized carbons (Fsp3) is 0.944. The topological polar surface area (TPSA) is 27.7 Å². The first kappa shape index (κ1) is 20.7. The fourth-order valence-electron chi connectivity index (χ4n) is 4.21. The molecule has 140 valence electrons. The van der Waals surface area contributed by atoms with Crippen LogP contribution in [0.3, 0.4) is 0 Å². The average Bonchev–Trinajstić information content (AvgIpc) is 2.83. The van der Waals surface area contributed by atoms with Crippen molar-refractivity contribution in [1.29, 1.82) is 0 Å². The van der Waals surface area contributed by atoms with Gasteiger partial charge in [0.15, 0.2) is 5.79 Å². The Morgan fingerprint density at radius 2 is 1.92 bits per heavy atom. The van der Waals surface area contributed by atoms with Gasteiger partial charge in [-0.25, -0.2) is 0 Å². The zero-order chi connectivity index (χ0) is 17.8. The molecule has 2 fully saturated rings. The van der Waals surface area contributed by atoms with Gasteiger partial charge in [0.25, 0.3) is 0 Å². The second-order valence-electron chi connectivity index (χ2n) is 8.84. The molecule has 1 saturated carbocycles. The average molecular weight is 391 g/mol. The van der Waals surface area contributed by atoms with E-state index in [4.69, 9.17) is 26.4 Å². The van der Waals surface area contributed by atoms with E-state index in [0.29, 0.717) is 16.2 Å². The summed E-state index contributed by atoms with van der Waals surface area (Å²) in [4.78, 5) is 0. The summed E-state index contributed by atoms with van der Waals surface area (Å²) >= 11 is 7.21. The van der Waals surface area contributed by atoms with Crippen LogP contribution in [0.25, 0.3) is 0 Å². The standard InChI is InChI=1S/C18H34O3S2Si/c1-6-19-16(22)23-15(13-24(3,4)5)12-17(2)8-7-9-18(14-17)20-10-11-21-18/h15H,6-14H2,1-5H3. The van der Waals surface area contributed by atoms with Crippen molar-refractivity contribution in [2.75, 3.05) is 19.8 Å². The van der Waals surface area contributed by atoms with Gasteiger partial charge in [0.2, 0.25) is 4.38 Å². The van der Waals surface area contributed by atoms with E-state index in [1.54, 1.807) is 11.8 Å². The minimum absolute atomic E-state index is 0.266. The Bertz CT molecular complexity index is 432. The Balaban J connectivity index is 2.04. The zero-order valence-electron chi connectivity index (χ0n) is 16.0. The van der Waals surface area contributed by atoms with Crippen molar-refractivity contribution in [1.82, 2.24) is 0 Å². The number of hydrogen-bond donors (Lipinski definition) is 0. The van der Waals surface area contributed by atoms with Crippen molar-refractivity contribution in [3.05, 3.63) is 0 Å². The molecular weight excluding hydrogens is 356 g/mol. The summed E-state index contributed by atoms with van der Waals surface area (Å²) in [6.07, 6.45) is 5.68. The highest BCUT2D eigenvalue weighted by atomic mass is 32.2. The van der Waals surface area contributed by atoms with Gasteiger partial charge in [0.05, 0.1) is 19.8 Å². The summed E-state index contributed by atoms with van der Waals surface area (Å²) in [5.41, 5.74) is 0.266. The summed E-state index contributed by atoms with van der Waals surface area (Å²) in [5, 5.41) is 0.539. The highest BCUT2D eigenvalue weighted by Crippen LogP contribution is 2.49. The molecule has 6 heteroatoms. The van der Waals surface area contributed by atoms with Gasteiger partial charge in [-0.15, -0.1) is 0 Å². The third-order valence-electron chi connectivity index (χ3n) is 4.93. The molecule has 1 saturated heterocycles. The molecule has 1 spiro atoms. The van der Waals surface area contributed by atoms with Crippen LogP contribution in [0, 0.1) is 5.41 Å². The van der Waals surface area contributed by atoms with E-state index in [1.165, 1.54) is 25.3 Å². The van der Waals surface area contributed by atoms with Gasteiger partial charge in [-0.05, 0) is 49.9 Å². The Morgan fingerprint density at radius 3 is 2.50 bits per heavy atom. The number of hydrogen-bond acceptors (Lipinski definition) is 5. The maximum Gasteiger partial charge on any atom is 0.220 e. The van der Waals surface area contributed by atoms with Gasteiger partial charge in [0, 0.05) is 26.2 Å². The van der Waals surface area contributed by atoms with Crippen LogP contribution in [-0.4, -0.2) is 43.3 Å². The van der Waals surface area contributed by atoms with E-state index < -0.39 is 8.07 Å². The molecule has 2 aliphatic rings. The summed E-state index contributed by atoms with van der Waals surface area (Å²) in [7, 11) is -1.17. The number of thioether (sulfide) groups is 1. The number of rotatable bonds is 6. The predicted molar refractivity (Wildman–Crippen MR) is 110 cm³/mol. The molecule has 0 aromatic carbocycles. The Kier molecular flexibility index (Phi) is 7.22. The lowest BCUT2D eigenvalue weighted by molar-refractivity contribution is -0.200. The Hall–Kier alpha value is 0.377. The monoisotopic (exact) mass is 390 g/mol. The highest BCUT2D eigenvalue weighted by Gasteiger charge is 2.47. The summed E-state index contributed by atoms with van der Waals surface area (Å²) < 4.78 is 18.3. The van der Waals surface area contributed by atoms with Crippen LogP contribution in [0.15, 0.2) is 0 Å². The van der Waals surface area contributed by atoms with Gasteiger partial charge >= 0.3 is 0 Å². The van der Waals surface area contributed by atoms with Crippen molar-refractivity contribution in [3.8, 4) is 0 Å². The SMILES string of the molecule is CCOC(=S)SC(CC1(C)CCCC2(C1)OCCO2)C[Si](C)(C)C. The fourth-order valence-corrected chi connectivity index (χ4v) is 9.02. The second-order valence-corrected chi connectivity index (χ2v) is 16.3. The molecule has 0 N–H and O–H groups in total. The molecule has 24 heavy (non-hydrogen) atoms. The number of ether oxygens (including phenoxy) is 3. The first-order valence-corrected chi connectivity index (χ1v) is 14.3. The van der Waals surface area contributed by atoms with Gasteiger partial charge in [-0.2, -0.15) is 0 Å². The van der Waals surface area contributed by atoms with E-state index in [-0.39, 0.29) is 11.2 Å². The minimum Gasteiger partial charge on any atom is -0.479 e. The van der Waals surface area contributed by atoms with Gasteiger partial charge in [0.1, 0.15) is 0 Å². The smallest absolute Gasteiger partial charge is 0.220 e. The quantitative estimate of drug-likeness (QED) is 0.443. The van der Waals surface area contributed by atoms with E-state index in [2.05, 4.69) is 26.6 Å². The predicted octanol–water partition coefficient (Wildman–Crippen LogP) is 5.46. The highest BCUT2D eigenvalue weighted by molar-refractivity contribution is 8.23. The molecular formula is C18H34O3S2Si. The lowest BCUT2D eigenvalue weighted by Gasteiger charge is -2.44. The van der Waals surface area contributed by atoms with Crippen LogP contribution in [0.4, 0.5) is 0 Å². The van der Waals surface area contributed by atoms with Crippen LogP contribution in [0.1, 0.15) is 46.0 Å². The van der Waals surface area contributed by atoms with Crippen molar-refractivity contribution < 1.29 is 14.2 Å². The van der Waals surface area contributed by atoms with Crippen LogP contribution < -0.4 is 0 Å². The second kappa shape index (κ2) is 8.38. The molecule has 0 radical (unpaired) electrons. The van der Waals surface area contributed by atoms with E-state index in [0.717, 1.165) is 26.1 Å². The van der Waals surface area contributed by atoms with Crippen LogP contribution >= 0.6 is 24.0 Å². The van der Waals surface area contributed by atoms with Gasteiger partial charge in [-0.3, -0.25) is 0 Å². The lowest BCUT2D eigenvalue weighted by Crippen LogP contribution is -2.42. The Morgan fingerprint density at radius 1 is 1.25 bits per heavy atom. The molecule has 1 aliphatic heterocycles. The Labute approximate surface area is 158 Å². The maximum absolute atomic E-state index is 6.01. The molecule has 0 aromatic rings. The van der Waals surface area contributed by atoms with Crippen molar-refractivity contribution in [2.45, 2.75) is 82.7 Å². The molecule has 0 amide bonds. The van der Waals surface area contributed by atoms with E-state index in [1.807, 2.05) is 6.92 Å². The van der Waals surface area contributed by atoms with Crippen LogP contribution in [0.2, 0.25) is 25.7 Å². The minimum atomic E-state index is -1.17. The maximum atomic E-state index is 6.01. The first-order chi connectivity index (χ1) is 11.2. The van der Waals surface area contributed by atoms with Crippen molar-refractivity contribution in [3.63, 3.8) is 0 Å². The molecule has 2 unspecified atom stereocenters. The third-order valence-corrected chi connectivity index (χ3v) is 8.33. The molecule has 2 rings (SSSR count). The molecule has 1 aliphatic carbocycles.